The number of carbonyl (C=O) groups excluding carboxylic acids is 1. The van der Waals surface area contributed by atoms with Crippen LogP contribution in [0, 0.1) is 6.92 Å². The van der Waals surface area contributed by atoms with Crippen LogP contribution in [0.1, 0.15) is 21.5 Å². The molecule has 0 spiro atoms. The van der Waals surface area contributed by atoms with Crippen molar-refractivity contribution in [3.8, 4) is 0 Å². The molecule has 4 rings (SSSR count). The first-order valence-electron chi connectivity index (χ1n) is 10.2. The molecule has 0 saturated carbocycles. The van der Waals surface area contributed by atoms with Crippen LogP contribution in [0.2, 0.25) is 0 Å². The quantitative estimate of drug-likeness (QED) is 0.546. The number of rotatable bonds is 6. The van der Waals surface area contributed by atoms with Gasteiger partial charge < -0.3 is 15.0 Å². The Morgan fingerprint density at radius 3 is 2.27 bits per heavy atom. The number of amides is 1. The van der Waals surface area contributed by atoms with Crippen molar-refractivity contribution in [2.45, 2.75) is 17.6 Å². The molecule has 1 N–H and O–H groups in total. The molecule has 0 aromatic heterocycles. The number of thioether (sulfide) groups is 1. The summed E-state index contributed by atoms with van der Waals surface area (Å²) in [5, 5.41) is 2.98. The first-order chi connectivity index (χ1) is 14.7. The van der Waals surface area contributed by atoms with E-state index in [1.54, 1.807) is 11.8 Å². The van der Waals surface area contributed by atoms with Crippen LogP contribution in [-0.4, -0.2) is 32.2 Å². The Hall–Kier alpha value is -2.76. The van der Waals surface area contributed by atoms with Crippen molar-refractivity contribution >= 4 is 29.0 Å². The summed E-state index contributed by atoms with van der Waals surface area (Å²) in [6.07, 6.45) is 0. The van der Waals surface area contributed by atoms with E-state index in [1.165, 1.54) is 16.0 Å². The predicted molar refractivity (Wildman–Crippen MR) is 125 cm³/mol. The van der Waals surface area contributed by atoms with Gasteiger partial charge in [-0.05, 0) is 61.0 Å². The molecule has 0 radical (unpaired) electrons. The third-order valence-electron chi connectivity index (χ3n) is 5.14. The summed E-state index contributed by atoms with van der Waals surface area (Å²) in [5.41, 5.74) is 5.09. The fourth-order valence-corrected chi connectivity index (χ4v) is 4.19. The monoisotopic (exact) mass is 418 g/mol. The van der Waals surface area contributed by atoms with Gasteiger partial charge in [-0.25, -0.2) is 0 Å². The summed E-state index contributed by atoms with van der Waals surface area (Å²) < 4.78 is 5.40. The summed E-state index contributed by atoms with van der Waals surface area (Å²) >= 11 is 1.80. The highest BCUT2D eigenvalue weighted by Crippen LogP contribution is 2.24. The second-order valence-corrected chi connectivity index (χ2v) is 8.45. The maximum Gasteiger partial charge on any atom is 0.255 e. The van der Waals surface area contributed by atoms with Crippen LogP contribution >= 0.6 is 11.8 Å². The van der Waals surface area contributed by atoms with Crippen molar-refractivity contribution in [1.82, 2.24) is 0 Å². The van der Waals surface area contributed by atoms with E-state index >= 15 is 0 Å². The molecule has 0 unspecified atom stereocenters. The Morgan fingerprint density at radius 1 is 0.933 bits per heavy atom. The Balaban J connectivity index is 1.31. The number of nitrogens with zero attached hydrogens (tertiary/aromatic N) is 1. The molecule has 1 fully saturated rings. The number of ether oxygens (including phenoxy) is 1. The summed E-state index contributed by atoms with van der Waals surface area (Å²) in [7, 11) is 0. The number of aryl methyl sites for hydroxylation is 1. The Labute approximate surface area is 182 Å². The van der Waals surface area contributed by atoms with Gasteiger partial charge in [0.15, 0.2) is 0 Å². The van der Waals surface area contributed by atoms with Crippen molar-refractivity contribution < 1.29 is 9.53 Å². The predicted octanol–water partition coefficient (Wildman–Crippen LogP) is 5.38. The standard InChI is InChI=1S/C25H26N2O2S/c1-19-2-12-24(13-3-19)30-18-20-4-6-21(7-5-20)25(28)26-22-8-10-23(11-9-22)27-14-16-29-17-15-27/h2-13H,14-18H2,1H3,(H,26,28). The molecule has 30 heavy (non-hydrogen) atoms. The van der Waals surface area contributed by atoms with Crippen LogP contribution in [0.25, 0.3) is 0 Å². The minimum atomic E-state index is -0.0909. The molecule has 4 nitrogen and oxygen atoms in total. The van der Waals surface area contributed by atoms with Gasteiger partial charge in [0.1, 0.15) is 0 Å². The molecule has 1 heterocycles. The van der Waals surface area contributed by atoms with Crippen molar-refractivity contribution in [2.24, 2.45) is 0 Å². The normalized spacial score (nSPS) is 13.8. The van der Waals surface area contributed by atoms with Crippen LogP contribution in [0.3, 0.4) is 0 Å². The minimum Gasteiger partial charge on any atom is -0.378 e. The lowest BCUT2D eigenvalue weighted by Crippen LogP contribution is -2.36. The molecule has 1 amide bonds. The fourth-order valence-electron chi connectivity index (χ4n) is 3.33. The highest BCUT2D eigenvalue weighted by atomic mass is 32.2. The number of carbonyl (C=O) groups is 1. The van der Waals surface area contributed by atoms with Crippen LogP contribution < -0.4 is 10.2 Å². The average molecular weight is 419 g/mol. The van der Waals surface area contributed by atoms with Gasteiger partial charge in [0, 0.05) is 40.7 Å². The van der Waals surface area contributed by atoms with Crippen LogP contribution in [0.15, 0.2) is 77.7 Å². The van der Waals surface area contributed by atoms with E-state index in [9.17, 15) is 4.79 Å². The van der Waals surface area contributed by atoms with E-state index in [2.05, 4.69) is 41.4 Å². The van der Waals surface area contributed by atoms with Crippen molar-refractivity contribution in [2.75, 3.05) is 36.5 Å². The highest BCUT2D eigenvalue weighted by Gasteiger charge is 2.11. The fraction of sp³-hybridized carbons (Fsp3) is 0.240. The molecular weight excluding hydrogens is 392 g/mol. The number of morpholine rings is 1. The number of hydrogen-bond donors (Lipinski definition) is 1. The van der Waals surface area contributed by atoms with E-state index < -0.39 is 0 Å². The maximum atomic E-state index is 12.6. The Bertz CT molecular complexity index is 964. The number of hydrogen-bond acceptors (Lipinski definition) is 4. The average Bonchev–Trinajstić information content (AvgIpc) is 2.80. The summed E-state index contributed by atoms with van der Waals surface area (Å²) in [6.45, 7) is 5.42. The molecule has 0 aliphatic carbocycles. The van der Waals surface area contributed by atoms with Gasteiger partial charge in [0.05, 0.1) is 13.2 Å². The zero-order chi connectivity index (χ0) is 20.8. The third-order valence-corrected chi connectivity index (χ3v) is 6.23. The third kappa shape index (κ3) is 5.43. The Morgan fingerprint density at radius 2 is 1.60 bits per heavy atom. The van der Waals surface area contributed by atoms with E-state index in [4.69, 9.17) is 4.74 Å². The lowest BCUT2D eigenvalue weighted by atomic mass is 10.1. The summed E-state index contributed by atoms with van der Waals surface area (Å²) in [4.78, 5) is 16.1. The lowest BCUT2D eigenvalue weighted by Gasteiger charge is -2.28. The maximum absolute atomic E-state index is 12.6. The molecule has 1 aliphatic rings. The largest absolute Gasteiger partial charge is 0.378 e. The summed E-state index contributed by atoms with van der Waals surface area (Å²) in [5.74, 6) is 0.792. The molecule has 0 bridgehead atoms. The first kappa shape index (κ1) is 20.5. The van der Waals surface area contributed by atoms with Crippen LogP contribution in [0.5, 0.6) is 0 Å². The highest BCUT2D eigenvalue weighted by molar-refractivity contribution is 7.98. The lowest BCUT2D eigenvalue weighted by molar-refractivity contribution is 0.102. The van der Waals surface area contributed by atoms with Crippen molar-refractivity contribution in [3.05, 3.63) is 89.5 Å². The molecule has 3 aromatic rings. The zero-order valence-electron chi connectivity index (χ0n) is 17.1. The minimum absolute atomic E-state index is 0.0909. The van der Waals surface area contributed by atoms with E-state index in [0.29, 0.717) is 5.56 Å². The van der Waals surface area contributed by atoms with Crippen molar-refractivity contribution in [3.63, 3.8) is 0 Å². The van der Waals surface area contributed by atoms with Gasteiger partial charge in [-0.1, -0.05) is 29.8 Å². The Kier molecular flexibility index (Phi) is 6.72. The van der Waals surface area contributed by atoms with Crippen LogP contribution in [-0.2, 0) is 10.5 Å². The molecule has 1 saturated heterocycles. The van der Waals surface area contributed by atoms with Crippen molar-refractivity contribution in [1.29, 1.82) is 0 Å². The SMILES string of the molecule is Cc1ccc(SCc2ccc(C(=O)Nc3ccc(N4CCOCC4)cc3)cc2)cc1. The smallest absolute Gasteiger partial charge is 0.255 e. The molecule has 3 aromatic carbocycles. The zero-order valence-corrected chi connectivity index (χ0v) is 18.0. The van der Waals surface area contributed by atoms with E-state index in [1.807, 2.05) is 48.5 Å². The van der Waals surface area contributed by atoms with E-state index in [-0.39, 0.29) is 5.91 Å². The van der Waals surface area contributed by atoms with Gasteiger partial charge >= 0.3 is 0 Å². The molecule has 1 aliphatic heterocycles. The molecule has 154 valence electrons. The molecule has 5 heteroatoms. The van der Waals surface area contributed by atoms with Gasteiger partial charge in [0.25, 0.3) is 5.91 Å². The van der Waals surface area contributed by atoms with Gasteiger partial charge in [-0.3, -0.25) is 4.79 Å². The van der Waals surface area contributed by atoms with Gasteiger partial charge in [0.2, 0.25) is 0 Å². The topological polar surface area (TPSA) is 41.6 Å². The van der Waals surface area contributed by atoms with Gasteiger partial charge in [-0.2, -0.15) is 0 Å². The van der Waals surface area contributed by atoms with Crippen LogP contribution in [0.4, 0.5) is 11.4 Å². The van der Waals surface area contributed by atoms with E-state index in [0.717, 1.165) is 43.4 Å². The second-order valence-electron chi connectivity index (χ2n) is 7.40. The number of anilines is 2. The first-order valence-corrected chi connectivity index (χ1v) is 11.2. The number of benzene rings is 3. The summed E-state index contributed by atoms with van der Waals surface area (Å²) in [6, 6.07) is 24.4. The number of nitrogens with one attached hydrogen (secondary N) is 1. The molecular formula is C25H26N2O2S. The molecule has 0 atom stereocenters. The second kappa shape index (κ2) is 9.83. The van der Waals surface area contributed by atoms with Gasteiger partial charge in [-0.15, -0.1) is 11.8 Å².